The van der Waals surface area contributed by atoms with Crippen LogP contribution in [0.15, 0.2) is 0 Å². The Bertz CT molecular complexity index is 927. The molecular weight excluding hydrogens is 477 g/mol. The lowest BCUT2D eigenvalue weighted by Crippen LogP contribution is -2.41. The molecule has 2 atom stereocenters. The quantitative estimate of drug-likeness (QED) is 0.180. The van der Waals surface area contributed by atoms with Crippen molar-refractivity contribution in [3.63, 3.8) is 0 Å². The van der Waals surface area contributed by atoms with E-state index in [1.165, 1.54) is 12.8 Å². The van der Waals surface area contributed by atoms with E-state index in [9.17, 15) is 14.8 Å². The van der Waals surface area contributed by atoms with Gasteiger partial charge in [0.2, 0.25) is 23.4 Å². The van der Waals surface area contributed by atoms with Gasteiger partial charge in [-0.25, -0.2) is 5.06 Å². The number of carbonyl (C=O) groups excluding carboxylic acids is 2. The molecular formula is C23H35ClFN7O3. The molecule has 0 aromatic carbocycles. The highest BCUT2D eigenvalue weighted by Crippen LogP contribution is 2.55. The van der Waals surface area contributed by atoms with Gasteiger partial charge in [-0.1, -0.05) is 25.7 Å². The van der Waals surface area contributed by atoms with Crippen LogP contribution in [0.5, 0.6) is 0 Å². The summed E-state index contributed by atoms with van der Waals surface area (Å²) in [5.41, 5.74) is 5.19. The Morgan fingerprint density at radius 2 is 2.06 bits per heavy atom. The second-order valence-corrected chi connectivity index (χ2v) is 10.8. The Kier molecular flexibility index (Phi) is 7.97. The maximum absolute atomic E-state index is 15.4. The van der Waals surface area contributed by atoms with E-state index in [-0.39, 0.29) is 35.3 Å². The van der Waals surface area contributed by atoms with E-state index in [1.807, 2.05) is 19.0 Å². The summed E-state index contributed by atoms with van der Waals surface area (Å²) in [6, 6.07) is 0.298. The maximum Gasteiger partial charge on any atom is 0.243 e. The SMILES string of the molecule is CN(C)C1CN(c2nc(Cl)nc(NNC(=O)[C@H](CCC3CCCC3)CN(O)C=O)c2F)CC12CC2. The number of hydroxylamine groups is 2. The summed E-state index contributed by atoms with van der Waals surface area (Å²) in [4.78, 5) is 35.9. The van der Waals surface area contributed by atoms with E-state index in [2.05, 4.69) is 25.7 Å². The zero-order chi connectivity index (χ0) is 25.2. The lowest BCUT2D eigenvalue weighted by Gasteiger charge is -2.24. The molecule has 2 aliphatic carbocycles. The summed E-state index contributed by atoms with van der Waals surface area (Å²) in [7, 11) is 4.06. The van der Waals surface area contributed by atoms with Crippen LogP contribution in [0.4, 0.5) is 16.0 Å². The number of aromatic nitrogens is 2. The second kappa shape index (κ2) is 10.8. The van der Waals surface area contributed by atoms with Crippen molar-refractivity contribution in [3.05, 3.63) is 11.1 Å². The van der Waals surface area contributed by atoms with Crippen molar-refractivity contribution in [2.24, 2.45) is 17.3 Å². The third kappa shape index (κ3) is 5.95. The number of rotatable bonds is 11. The van der Waals surface area contributed by atoms with E-state index in [0.717, 1.165) is 32.1 Å². The Morgan fingerprint density at radius 1 is 1.34 bits per heavy atom. The molecule has 2 saturated carbocycles. The van der Waals surface area contributed by atoms with Gasteiger partial charge in [0, 0.05) is 24.5 Å². The van der Waals surface area contributed by atoms with Gasteiger partial charge in [-0.2, -0.15) is 14.4 Å². The molecule has 1 aliphatic heterocycles. The first kappa shape index (κ1) is 25.8. The summed E-state index contributed by atoms with van der Waals surface area (Å²) in [5, 5.41) is 9.99. The molecule has 12 heteroatoms. The lowest BCUT2D eigenvalue weighted by atomic mass is 9.94. The highest BCUT2D eigenvalue weighted by Gasteiger charge is 2.56. The number of nitrogens with one attached hydrogen (secondary N) is 2. The number of hydrogen-bond donors (Lipinski definition) is 3. The van der Waals surface area contributed by atoms with Crippen LogP contribution in [0.2, 0.25) is 5.28 Å². The van der Waals surface area contributed by atoms with Gasteiger partial charge in [0.05, 0.1) is 12.5 Å². The molecule has 1 saturated heterocycles. The average Bonchev–Trinajstić information content (AvgIpc) is 3.22. The number of hydrazine groups is 1. The van der Waals surface area contributed by atoms with E-state index in [1.54, 1.807) is 0 Å². The highest BCUT2D eigenvalue weighted by atomic mass is 35.5. The Labute approximate surface area is 210 Å². The van der Waals surface area contributed by atoms with Crippen LogP contribution in [-0.2, 0) is 9.59 Å². The molecule has 10 nitrogen and oxygen atoms in total. The van der Waals surface area contributed by atoms with Crippen molar-refractivity contribution in [2.45, 2.75) is 57.4 Å². The molecule has 3 fully saturated rings. The average molecular weight is 512 g/mol. The molecule has 1 aromatic rings. The molecule has 0 bridgehead atoms. The van der Waals surface area contributed by atoms with E-state index in [4.69, 9.17) is 11.6 Å². The van der Waals surface area contributed by atoms with Crippen LogP contribution in [-0.4, -0.2) is 77.2 Å². The van der Waals surface area contributed by atoms with Gasteiger partial charge in [0.1, 0.15) is 0 Å². The fourth-order valence-electron chi connectivity index (χ4n) is 5.71. The van der Waals surface area contributed by atoms with Crippen molar-refractivity contribution in [1.29, 1.82) is 0 Å². The first-order chi connectivity index (χ1) is 16.7. The Morgan fingerprint density at radius 3 is 2.66 bits per heavy atom. The third-order valence-electron chi connectivity index (χ3n) is 7.83. The first-order valence-electron chi connectivity index (χ1n) is 12.3. The molecule has 3 N–H and O–H groups in total. The van der Waals surface area contributed by atoms with E-state index in [0.29, 0.717) is 36.5 Å². The summed E-state index contributed by atoms with van der Waals surface area (Å²) in [6.45, 7) is 1.17. The number of nitrogens with zero attached hydrogens (tertiary/aromatic N) is 5. The number of likely N-dealkylation sites (N-methyl/N-ethyl adjacent to an activating group) is 1. The molecule has 0 radical (unpaired) electrons. The molecule has 3 aliphatic rings. The molecule has 194 valence electrons. The second-order valence-electron chi connectivity index (χ2n) is 10.5. The van der Waals surface area contributed by atoms with Crippen LogP contribution < -0.4 is 15.8 Å². The number of halogens is 2. The minimum absolute atomic E-state index is 0.109. The van der Waals surface area contributed by atoms with Gasteiger partial charge in [0.15, 0.2) is 11.6 Å². The number of amides is 2. The van der Waals surface area contributed by atoms with Gasteiger partial charge in [-0.15, -0.1) is 0 Å². The van der Waals surface area contributed by atoms with Gasteiger partial charge in [-0.05, 0) is 57.3 Å². The number of anilines is 2. The van der Waals surface area contributed by atoms with Crippen LogP contribution in [0.1, 0.15) is 51.4 Å². The van der Waals surface area contributed by atoms with E-state index >= 15 is 4.39 Å². The standard InChI is InChI=1S/C23H35ClFN7O3/c1-30(2)17-12-31(13-23(17)9-10-23)20-18(25)19(26-22(24)27-20)28-29-21(34)16(11-32(35)14-33)8-7-15-5-3-4-6-15/h14-17,35H,3-13H2,1-2H3,(H,29,34)(H,26,27,28)/t16-,17?/m1/s1. The molecule has 2 amide bonds. The minimum atomic E-state index is -0.691. The monoisotopic (exact) mass is 511 g/mol. The van der Waals surface area contributed by atoms with Crippen molar-refractivity contribution in [2.75, 3.05) is 44.1 Å². The smallest absolute Gasteiger partial charge is 0.243 e. The molecule has 1 unspecified atom stereocenters. The van der Waals surface area contributed by atoms with Crippen molar-refractivity contribution in [3.8, 4) is 0 Å². The van der Waals surface area contributed by atoms with Gasteiger partial charge in [-0.3, -0.25) is 25.6 Å². The molecule has 4 rings (SSSR count). The maximum atomic E-state index is 15.4. The fourth-order valence-corrected chi connectivity index (χ4v) is 5.88. The highest BCUT2D eigenvalue weighted by molar-refractivity contribution is 6.28. The number of carbonyl (C=O) groups is 2. The summed E-state index contributed by atoms with van der Waals surface area (Å²) in [5.74, 6) is -1.39. The summed E-state index contributed by atoms with van der Waals surface area (Å²) in [6.07, 6.45) is 8.42. The first-order valence-corrected chi connectivity index (χ1v) is 12.7. The molecule has 1 aromatic heterocycles. The zero-order valence-electron chi connectivity index (χ0n) is 20.3. The minimum Gasteiger partial charge on any atom is -0.352 e. The zero-order valence-corrected chi connectivity index (χ0v) is 21.1. The van der Waals surface area contributed by atoms with Crippen LogP contribution in [0.25, 0.3) is 0 Å². The lowest BCUT2D eigenvalue weighted by molar-refractivity contribution is -0.154. The van der Waals surface area contributed by atoms with Crippen LogP contribution in [0, 0.1) is 23.1 Å². The fraction of sp³-hybridized carbons (Fsp3) is 0.739. The normalized spacial score (nSPS) is 22.0. The summed E-state index contributed by atoms with van der Waals surface area (Å²) < 4.78 is 15.4. The van der Waals surface area contributed by atoms with Gasteiger partial charge in [0.25, 0.3) is 0 Å². The predicted octanol–water partition coefficient (Wildman–Crippen LogP) is 2.68. The van der Waals surface area contributed by atoms with Gasteiger partial charge < -0.3 is 9.80 Å². The topological polar surface area (TPSA) is 114 Å². The molecule has 35 heavy (non-hydrogen) atoms. The largest absolute Gasteiger partial charge is 0.352 e. The number of hydrogen-bond acceptors (Lipinski definition) is 8. The van der Waals surface area contributed by atoms with E-state index < -0.39 is 17.6 Å². The van der Waals surface area contributed by atoms with Crippen molar-refractivity contribution in [1.82, 2.24) is 25.4 Å². The molecule has 2 heterocycles. The van der Waals surface area contributed by atoms with Crippen LogP contribution in [0.3, 0.4) is 0 Å². The van der Waals surface area contributed by atoms with Crippen molar-refractivity contribution >= 4 is 35.6 Å². The summed E-state index contributed by atoms with van der Waals surface area (Å²) >= 11 is 6.12. The van der Waals surface area contributed by atoms with Gasteiger partial charge >= 0.3 is 0 Å². The predicted molar refractivity (Wildman–Crippen MR) is 129 cm³/mol. The molecule has 1 spiro atoms. The van der Waals surface area contributed by atoms with Crippen LogP contribution >= 0.6 is 11.6 Å². The third-order valence-corrected chi connectivity index (χ3v) is 8.00. The Balaban J connectivity index is 1.42. The van der Waals surface area contributed by atoms with Crippen molar-refractivity contribution < 1.29 is 19.2 Å². The Hall–Kier alpha value is -2.24.